The van der Waals surface area contributed by atoms with Crippen molar-refractivity contribution in [3.63, 3.8) is 0 Å². The number of nitro benzene ring substituents is 1. The second kappa shape index (κ2) is 8.16. The summed E-state index contributed by atoms with van der Waals surface area (Å²) in [5.74, 6) is -2.26. The van der Waals surface area contributed by atoms with Gasteiger partial charge in [-0.05, 0) is 24.3 Å². The highest BCUT2D eigenvalue weighted by Gasteiger charge is 2.33. The van der Waals surface area contributed by atoms with Crippen LogP contribution in [-0.2, 0) is 6.18 Å². The van der Waals surface area contributed by atoms with Crippen LogP contribution in [0.2, 0.25) is 0 Å². The monoisotopic (exact) mass is 392 g/mol. The normalized spacial score (nSPS) is 12.5. The number of ether oxygens (including phenoxy) is 1. The molecule has 146 valence electrons. The summed E-state index contributed by atoms with van der Waals surface area (Å²) in [6.45, 7) is -0.664. The van der Waals surface area contributed by atoms with E-state index in [1.54, 1.807) is 0 Å². The van der Waals surface area contributed by atoms with E-state index >= 15 is 0 Å². The number of nitrogens with one attached hydrogen (secondary N) is 1. The molecule has 0 radical (unpaired) electrons. The van der Waals surface area contributed by atoms with Crippen LogP contribution >= 0.6 is 0 Å². The van der Waals surface area contributed by atoms with Crippen LogP contribution in [0.15, 0.2) is 36.4 Å². The van der Waals surface area contributed by atoms with Gasteiger partial charge in [-0.3, -0.25) is 10.1 Å². The van der Waals surface area contributed by atoms with Crippen molar-refractivity contribution >= 4 is 11.4 Å². The molecule has 2 aromatic rings. The maximum atomic E-state index is 13.0. The Morgan fingerprint density at radius 1 is 1.15 bits per heavy atom. The topological polar surface area (TPSA) is 84.6 Å². The van der Waals surface area contributed by atoms with E-state index in [0.29, 0.717) is 12.1 Å². The number of nitro groups is 1. The van der Waals surface area contributed by atoms with Crippen molar-refractivity contribution in [2.75, 3.05) is 18.5 Å². The van der Waals surface area contributed by atoms with Crippen molar-refractivity contribution in [2.24, 2.45) is 0 Å². The number of aliphatic hydroxyl groups is 1. The van der Waals surface area contributed by atoms with Crippen LogP contribution < -0.4 is 10.1 Å². The molecule has 11 heteroatoms. The van der Waals surface area contributed by atoms with Gasteiger partial charge in [-0.1, -0.05) is 0 Å². The minimum Gasteiger partial charge on any atom is -0.491 e. The third-order valence-corrected chi connectivity index (χ3v) is 3.38. The van der Waals surface area contributed by atoms with Gasteiger partial charge < -0.3 is 15.2 Å². The second-order valence-electron chi connectivity index (χ2n) is 5.41. The van der Waals surface area contributed by atoms with E-state index in [0.717, 1.165) is 24.3 Å². The fraction of sp³-hybridized carbons (Fsp3) is 0.250. The molecule has 27 heavy (non-hydrogen) atoms. The van der Waals surface area contributed by atoms with Crippen LogP contribution in [0.1, 0.15) is 5.56 Å². The molecule has 2 aromatic carbocycles. The summed E-state index contributed by atoms with van der Waals surface area (Å²) in [7, 11) is 0. The average molecular weight is 392 g/mol. The molecule has 1 unspecified atom stereocenters. The summed E-state index contributed by atoms with van der Waals surface area (Å²) in [5.41, 5.74) is -2.21. The first-order chi connectivity index (χ1) is 12.6. The second-order valence-corrected chi connectivity index (χ2v) is 5.41. The molecule has 2 N–H and O–H groups in total. The zero-order valence-electron chi connectivity index (χ0n) is 13.5. The summed E-state index contributed by atoms with van der Waals surface area (Å²) >= 11 is 0. The van der Waals surface area contributed by atoms with Crippen molar-refractivity contribution < 1.29 is 36.7 Å². The quantitative estimate of drug-likeness (QED) is 0.426. The van der Waals surface area contributed by atoms with E-state index in [1.165, 1.54) is 0 Å². The van der Waals surface area contributed by atoms with Gasteiger partial charge in [-0.25, -0.2) is 8.78 Å². The van der Waals surface area contributed by atoms with Gasteiger partial charge in [0.15, 0.2) is 11.6 Å². The zero-order valence-corrected chi connectivity index (χ0v) is 13.5. The Morgan fingerprint density at radius 2 is 1.85 bits per heavy atom. The summed E-state index contributed by atoms with van der Waals surface area (Å²) in [4.78, 5) is 9.98. The molecule has 0 heterocycles. The first-order valence-corrected chi connectivity index (χ1v) is 7.43. The molecule has 0 bridgehead atoms. The van der Waals surface area contributed by atoms with Crippen molar-refractivity contribution in [3.05, 3.63) is 63.7 Å². The molecule has 1 atom stereocenters. The third kappa shape index (κ3) is 5.51. The Bertz CT molecular complexity index is 829. The van der Waals surface area contributed by atoms with Gasteiger partial charge >= 0.3 is 6.18 Å². The minimum atomic E-state index is -4.74. The average Bonchev–Trinajstić information content (AvgIpc) is 2.59. The van der Waals surface area contributed by atoms with Crippen LogP contribution in [0.4, 0.5) is 33.3 Å². The van der Waals surface area contributed by atoms with Gasteiger partial charge in [0.2, 0.25) is 0 Å². The summed E-state index contributed by atoms with van der Waals surface area (Å²) < 4.78 is 68.8. The number of alkyl halides is 3. The highest BCUT2D eigenvalue weighted by atomic mass is 19.4. The Morgan fingerprint density at radius 3 is 2.44 bits per heavy atom. The lowest BCUT2D eigenvalue weighted by molar-refractivity contribution is -0.384. The Labute approximate surface area is 149 Å². The predicted molar refractivity (Wildman–Crippen MR) is 84.4 cm³/mol. The molecule has 0 aromatic heterocycles. The van der Waals surface area contributed by atoms with Crippen molar-refractivity contribution in [1.29, 1.82) is 0 Å². The molecular formula is C16H13F5N2O4. The summed E-state index contributed by atoms with van der Waals surface area (Å²) in [6, 6.07) is 4.67. The fourth-order valence-electron chi connectivity index (χ4n) is 2.05. The van der Waals surface area contributed by atoms with E-state index in [4.69, 9.17) is 4.74 Å². The molecule has 0 aliphatic carbocycles. The molecule has 0 saturated carbocycles. The molecule has 2 rings (SSSR count). The number of aliphatic hydroxyl groups excluding tert-OH is 1. The van der Waals surface area contributed by atoms with E-state index < -0.39 is 40.1 Å². The van der Waals surface area contributed by atoms with Gasteiger partial charge in [0, 0.05) is 18.7 Å². The number of halogens is 5. The highest BCUT2D eigenvalue weighted by Crippen LogP contribution is 2.34. The van der Waals surface area contributed by atoms with Crippen LogP contribution in [-0.4, -0.2) is 29.3 Å². The lowest BCUT2D eigenvalue weighted by atomic mass is 10.1. The van der Waals surface area contributed by atoms with E-state index in [-0.39, 0.29) is 24.6 Å². The van der Waals surface area contributed by atoms with Crippen LogP contribution in [0, 0.1) is 21.7 Å². The number of hydrogen-bond acceptors (Lipinski definition) is 5. The number of hydrogen-bond donors (Lipinski definition) is 2. The number of nitrogens with zero attached hydrogens (tertiary/aromatic N) is 1. The van der Waals surface area contributed by atoms with Gasteiger partial charge in [0.05, 0.1) is 10.5 Å². The van der Waals surface area contributed by atoms with E-state index in [2.05, 4.69) is 5.32 Å². The molecule has 0 aliphatic heterocycles. The zero-order chi connectivity index (χ0) is 20.2. The maximum absolute atomic E-state index is 13.0. The fourth-order valence-corrected chi connectivity index (χ4v) is 2.05. The Balaban J connectivity index is 1.98. The standard InChI is InChI=1S/C16H13F5N2O4/c17-12-3-2-11(6-13(12)18)27-8-10(24)7-22-14-4-1-9(16(19,20)21)5-15(14)23(25)26/h1-6,10,22,24H,7-8H2. The first kappa shape index (κ1) is 20.4. The molecular weight excluding hydrogens is 379 g/mol. The highest BCUT2D eigenvalue weighted by molar-refractivity contribution is 5.63. The lowest BCUT2D eigenvalue weighted by Gasteiger charge is -2.15. The van der Waals surface area contributed by atoms with Crippen LogP contribution in [0.5, 0.6) is 5.75 Å². The molecule has 0 spiro atoms. The molecule has 0 saturated heterocycles. The maximum Gasteiger partial charge on any atom is 0.416 e. The van der Waals surface area contributed by atoms with Gasteiger partial charge in [-0.15, -0.1) is 0 Å². The van der Waals surface area contributed by atoms with Gasteiger partial charge in [-0.2, -0.15) is 13.2 Å². The number of benzene rings is 2. The minimum absolute atomic E-state index is 0.0477. The van der Waals surface area contributed by atoms with Crippen molar-refractivity contribution in [2.45, 2.75) is 12.3 Å². The molecule has 0 aliphatic rings. The largest absolute Gasteiger partial charge is 0.491 e. The SMILES string of the molecule is O=[N+]([O-])c1cc(C(F)(F)F)ccc1NCC(O)COc1ccc(F)c(F)c1. The number of anilines is 1. The van der Waals surface area contributed by atoms with Crippen LogP contribution in [0.3, 0.4) is 0 Å². The predicted octanol–water partition coefficient (Wildman–Crippen LogP) is 3.74. The van der Waals surface area contributed by atoms with E-state index in [1.807, 2.05) is 0 Å². The number of rotatable bonds is 7. The Kier molecular flexibility index (Phi) is 6.16. The molecule has 6 nitrogen and oxygen atoms in total. The summed E-state index contributed by atoms with van der Waals surface area (Å²) in [5, 5.41) is 23.2. The smallest absolute Gasteiger partial charge is 0.416 e. The van der Waals surface area contributed by atoms with Gasteiger partial charge in [0.1, 0.15) is 24.1 Å². The lowest BCUT2D eigenvalue weighted by Crippen LogP contribution is -2.26. The van der Waals surface area contributed by atoms with Crippen LogP contribution in [0.25, 0.3) is 0 Å². The van der Waals surface area contributed by atoms with Gasteiger partial charge in [0.25, 0.3) is 5.69 Å². The van der Waals surface area contributed by atoms with Crippen molar-refractivity contribution in [1.82, 2.24) is 0 Å². The Hall–Kier alpha value is -2.95. The van der Waals surface area contributed by atoms with Crippen molar-refractivity contribution in [3.8, 4) is 5.75 Å². The molecule has 0 fully saturated rings. The molecule has 0 amide bonds. The third-order valence-electron chi connectivity index (χ3n) is 3.38. The first-order valence-electron chi connectivity index (χ1n) is 7.43. The summed E-state index contributed by atoms with van der Waals surface area (Å²) in [6.07, 6.45) is -5.97. The van der Waals surface area contributed by atoms with E-state index in [9.17, 15) is 37.2 Å².